The first-order chi connectivity index (χ1) is 10.5. The summed E-state index contributed by atoms with van der Waals surface area (Å²) in [6.45, 7) is 3.74. The molecule has 1 N–H and O–H groups in total. The van der Waals surface area contributed by atoms with Crippen LogP contribution in [0.25, 0.3) is 0 Å². The molecule has 6 nitrogen and oxygen atoms in total. The summed E-state index contributed by atoms with van der Waals surface area (Å²) in [7, 11) is 0. The van der Waals surface area contributed by atoms with E-state index >= 15 is 0 Å². The van der Waals surface area contributed by atoms with Gasteiger partial charge in [-0.2, -0.15) is 0 Å². The predicted octanol–water partition coefficient (Wildman–Crippen LogP) is 2.98. The van der Waals surface area contributed by atoms with Crippen molar-refractivity contribution in [1.29, 1.82) is 0 Å². The Bertz CT molecular complexity index is 559. The van der Waals surface area contributed by atoms with Crippen molar-refractivity contribution in [2.24, 2.45) is 5.92 Å². The van der Waals surface area contributed by atoms with Crippen molar-refractivity contribution in [2.75, 3.05) is 6.61 Å². The van der Waals surface area contributed by atoms with E-state index < -0.39 is 4.92 Å². The Balaban J connectivity index is 1.85. The molecule has 120 valence electrons. The van der Waals surface area contributed by atoms with Gasteiger partial charge in [-0.15, -0.1) is 0 Å². The highest BCUT2D eigenvalue weighted by Gasteiger charge is 2.22. The van der Waals surface area contributed by atoms with E-state index in [9.17, 15) is 14.9 Å². The number of aryl methyl sites for hydroxylation is 1. The van der Waals surface area contributed by atoms with Crippen molar-refractivity contribution in [1.82, 2.24) is 5.32 Å². The van der Waals surface area contributed by atoms with Gasteiger partial charge in [-0.25, -0.2) is 0 Å². The summed E-state index contributed by atoms with van der Waals surface area (Å²) in [6.07, 6.45) is 4.54. The fourth-order valence-corrected chi connectivity index (χ4v) is 2.85. The lowest BCUT2D eigenvalue weighted by molar-refractivity contribution is -0.385. The van der Waals surface area contributed by atoms with Crippen LogP contribution in [-0.2, 0) is 4.79 Å². The van der Waals surface area contributed by atoms with E-state index in [-0.39, 0.29) is 24.2 Å². The van der Waals surface area contributed by atoms with Crippen molar-refractivity contribution in [3.05, 3.63) is 33.9 Å². The molecule has 0 aromatic heterocycles. The Hall–Kier alpha value is -2.11. The number of nitrogens with zero attached hydrogens (tertiary/aromatic N) is 1. The van der Waals surface area contributed by atoms with E-state index in [2.05, 4.69) is 12.2 Å². The third-order valence-corrected chi connectivity index (χ3v) is 4.19. The molecule has 1 aliphatic carbocycles. The fourth-order valence-electron chi connectivity index (χ4n) is 2.85. The van der Waals surface area contributed by atoms with Crippen LogP contribution < -0.4 is 10.1 Å². The number of amides is 1. The normalized spacial score (nSPS) is 21.2. The molecule has 0 saturated heterocycles. The first-order valence-electron chi connectivity index (χ1n) is 7.64. The van der Waals surface area contributed by atoms with E-state index in [1.807, 2.05) is 0 Å². The second-order valence-corrected chi connectivity index (χ2v) is 5.93. The summed E-state index contributed by atoms with van der Waals surface area (Å²) in [6, 6.07) is 4.71. The van der Waals surface area contributed by atoms with Crippen LogP contribution in [0.15, 0.2) is 18.2 Å². The molecule has 1 amide bonds. The van der Waals surface area contributed by atoms with Crippen LogP contribution in [-0.4, -0.2) is 23.5 Å². The summed E-state index contributed by atoms with van der Waals surface area (Å²) < 4.78 is 5.43. The molecule has 22 heavy (non-hydrogen) atoms. The standard InChI is InChI=1S/C16H22N2O4/c1-11-5-3-4-6-14(11)17-16(19)10-22-13-7-8-15(18(20)21)12(2)9-13/h7-9,11,14H,3-6,10H2,1-2H3,(H,17,19). The van der Waals surface area contributed by atoms with E-state index in [1.165, 1.54) is 18.6 Å². The van der Waals surface area contributed by atoms with E-state index in [1.54, 1.807) is 13.0 Å². The number of carbonyl (C=O) groups excluding carboxylic acids is 1. The highest BCUT2D eigenvalue weighted by molar-refractivity contribution is 5.77. The molecular weight excluding hydrogens is 284 g/mol. The van der Waals surface area contributed by atoms with Crippen LogP contribution in [0.5, 0.6) is 5.75 Å². The molecule has 2 atom stereocenters. The Kier molecular flexibility index (Phi) is 5.35. The molecule has 1 saturated carbocycles. The summed E-state index contributed by atoms with van der Waals surface area (Å²) in [5.41, 5.74) is 0.566. The molecule has 1 aliphatic rings. The SMILES string of the molecule is Cc1cc(OCC(=O)NC2CCCCC2C)ccc1[N+](=O)[O-]. The quantitative estimate of drug-likeness (QED) is 0.669. The number of hydrogen-bond acceptors (Lipinski definition) is 4. The van der Waals surface area contributed by atoms with Crippen LogP contribution in [0.3, 0.4) is 0 Å². The predicted molar refractivity (Wildman–Crippen MR) is 82.9 cm³/mol. The van der Waals surface area contributed by atoms with Gasteiger partial charge in [0.25, 0.3) is 11.6 Å². The molecule has 2 unspecified atom stereocenters. The number of rotatable bonds is 5. The number of nitro groups is 1. The molecular formula is C16H22N2O4. The maximum atomic E-state index is 11.9. The van der Waals surface area contributed by atoms with Crippen molar-refractivity contribution in [2.45, 2.75) is 45.6 Å². The van der Waals surface area contributed by atoms with Crippen LogP contribution in [0.2, 0.25) is 0 Å². The molecule has 1 aromatic carbocycles. The van der Waals surface area contributed by atoms with Crippen molar-refractivity contribution in [3.63, 3.8) is 0 Å². The molecule has 0 heterocycles. The fraction of sp³-hybridized carbons (Fsp3) is 0.562. The molecule has 0 bridgehead atoms. The van der Waals surface area contributed by atoms with Crippen LogP contribution >= 0.6 is 0 Å². The first kappa shape index (κ1) is 16.3. The summed E-state index contributed by atoms with van der Waals surface area (Å²) in [5, 5.41) is 13.8. The molecule has 0 radical (unpaired) electrons. The molecule has 0 spiro atoms. The highest BCUT2D eigenvalue weighted by Crippen LogP contribution is 2.24. The van der Waals surface area contributed by atoms with E-state index in [4.69, 9.17) is 4.74 Å². The minimum atomic E-state index is -0.434. The lowest BCUT2D eigenvalue weighted by Crippen LogP contribution is -2.43. The minimum Gasteiger partial charge on any atom is -0.484 e. The Morgan fingerprint density at radius 1 is 1.41 bits per heavy atom. The van der Waals surface area contributed by atoms with E-state index in [0.717, 1.165) is 19.3 Å². The maximum Gasteiger partial charge on any atom is 0.272 e. The Labute approximate surface area is 130 Å². The zero-order valence-corrected chi connectivity index (χ0v) is 13.0. The smallest absolute Gasteiger partial charge is 0.272 e. The monoisotopic (exact) mass is 306 g/mol. The number of nitrogens with one attached hydrogen (secondary N) is 1. The average Bonchev–Trinajstić information content (AvgIpc) is 2.47. The lowest BCUT2D eigenvalue weighted by Gasteiger charge is -2.29. The highest BCUT2D eigenvalue weighted by atomic mass is 16.6. The summed E-state index contributed by atoms with van der Waals surface area (Å²) in [5.74, 6) is 0.823. The Morgan fingerprint density at radius 2 is 2.14 bits per heavy atom. The van der Waals surface area contributed by atoms with Gasteiger partial charge < -0.3 is 10.1 Å². The maximum absolute atomic E-state index is 11.9. The molecule has 1 fully saturated rings. The first-order valence-corrected chi connectivity index (χ1v) is 7.64. The van der Waals surface area contributed by atoms with Gasteiger partial charge in [0.15, 0.2) is 6.61 Å². The zero-order chi connectivity index (χ0) is 16.1. The molecule has 6 heteroatoms. The minimum absolute atomic E-state index is 0.0489. The van der Waals surface area contributed by atoms with Gasteiger partial charge >= 0.3 is 0 Å². The second kappa shape index (κ2) is 7.24. The number of carbonyl (C=O) groups is 1. The van der Waals surface area contributed by atoms with Gasteiger partial charge in [-0.05, 0) is 37.8 Å². The van der Waals surface area contributed by atoms with Gasteiger partial charge in [0, 0.05) is 17.7 Å². The van der Waals surface area contributed by atoms with Gasteiger partial charge in [0.1, 0.15) is 5.75 Å². The second-order valence-electron chi connectivity index (χ2n) is 5.93. The van der Waals surface area contributed by atoms with Gasteiger partial charge in [-0.3, -0.25) is 14.9 Å². The third kappa shape index (κ3) is 4.19. The average molecular weight is 306 g/mol. The van der Waals surface area contributed by atoms with Crippen LogP contribution in [0.1, 0.15) is 38.2 Å². The number of benzene rings is 1. The van der Waals surface area contributed by atoms with E-state index in [0.29, 0.717) is 17.2 Å². The third-order valence-electron chi connectivity index (χ3n) is 4.19. The largest absolute Gasteiger partial charge is 0.484 e. The molecule has 1 aromatic rings. The van der Waals surface area contributed by atoms with Crippen molar-refractivity contribution >= 4 is 11.6 Å². The summed E-state index contributed by atoms with van der Waals surface area (Å²) >= 11 is 0. The zero-order valence-electron chi connectivity index (χ0n) is 13.0. The van der Waals surface area contributed by atoms with Crippen LogP contribution in [0, 0.1) is 23.0 Å². The lowest BCUT2D eigenvalue weighted by atomic mass is 9.86. The topological polar surface area (TPSA) is 81.5 Å². The molecule has 0 aliphatic heterocycles. The Morgan fingerprint density at radius 3 is 2.77 bits per heavy atom. The van der Waals surface area contributed by atoms with Gasteiger partial charge in [-0.1, -0.05) is 19.8 Å². The summed E-state index contributed by atoms with van der Waals surface area (Å²) in [4.78, 5) is 22.3. The molecule has 2 rings (SSSR count). The van der Waals surface area contributed by atoms with Gasteiger partial charge in [0.05, 0.1) is 4.92 Å². The number of nitro benzene ring substituents is 1. The number of ether oxygens (including phenoxy) is 1. The number of hydrogen-bond donors (Lipinski definition) is 1. The van der Waals surface area contributed by atoms with Crippen molar-refractivity contribution in [3.8, 4) is 5.75 Å². The van der Waals surface area contributed by atoms with Crippen LogP contribution in [0.4, 0.5) is 5.69 Å². The van der Waals surface area contributed by atoms with Crippen molar-refractivity contribution < 1.29 is 14.5 Å². The van der Waals surface area contributed by atoms with Gasteiger partial charge in [0.2, 0.25) is 0 Å².